The molecule has 2 aliphatic heterocycles. The molecule has 2 aromatic carbocycles. The molecule has 1 saturated heterocycles. The number of aromatic nitrogens is 2. The van der Waals surface area contributed by atoms with Crippen LogP contribution in [-0.4, -0.2) is 68.3 Å². The molecule has 0 unspecified atom stereocenters. The molecule has 0 spiro atoms. The number of likely N-dealkylation sites (N-methyl/N-ethyl adjacent to an activating group) is 1. The average molecular weight is 487 g/mol. The number of carbonyl (C=O) groups is 1. The van der Waals surface area contributed by atoms with Gasteiger partial charge in [0.05, 0.1) is 19.3 Å². The number of amides is 2. The van der Waals surface area contributed by atoms with Crippen molar-refractivity contribution >= 4 is 23.2 Å². The molecule has 0 bridgehead atoms. The summed E-state index contributed by atoms with van der Waals surface area (Å²) in [5.74, 6) is 2.17. The van der Waals surface area contributed by atoms with Gasteiger partial charge in [-0.05, 0) is 38.1 Å². The Morgan fingerprint density at radius 1 is 1.00 bits per heavy atom. The van der Waals surface area contributed by atoms with Crippen LogP contribution < -0.4 is 19.4 Å². The number of piperazine rings is 1. The van der Waals surface area contributed by atoms with E-state index in [1.807, 2.05) is 43.1 Å². The molecule has 0 aliphatic carbocycles. The van der Waals surface area contributed by atoms with Crippen LogP contribution in [0.25, 0.3) is 0 Å². The first-order valence-corrected chi connectivity index (χ1v) is 12.4. The molecule has 0 N–H and O–H groups in total. The Kier molecular flexibility index (Phi) is 6.53. The van der Waals surface area contributed by atoms with Crippen molar-refractivity contribution in [2.24, 2.45) is 0 Å². The molecule has 0 radical (unpaired) electrons. The molecule has 8 nitrogen and oxygen atoms in total. The van der Waals surface area contributed by atoms with E-state index >= 15 is 0 Å². The van der Waals surface area contributed by atoms with Crippen LogP contribution in [0.5, 0.6) is 5.75 Å². The number of aryl methyl sites for hydroxylation is 2. The maximum atomic E-state index is 13.3. The summed E-state index contributed by atoms with van der Waals surface area (Å²) < 4.78 is 5.74. The first kappa shape index (κ1) is 24.1. The van der Waals surface area contributed by atoms with Crippen molar-refractivity contribution in [3.8, 4) is 5.75 Å². The summed E-state index contributed by atoms with van der Waals surface area (Å²) in [6.07, 6.45) is 2.38. The molecule has 1 fully saturated rings. The van der Waals surface area contributed by atoms with Crippen LogP contribution in [0, 0.1) is 13.8 Å². The summed E-state index contributed by atoms with van der Waals surface area (Å²) >= 11 is 0. The van der Waals surface area contributed by atoms with Crippen molar-refractivity contribution in [3.63, 3.8) is 0 Å². The average Bonchev–Trinajstić information content (AvgIpc) is 2.88. The Morgan fingerprint density at radius 3 is 2.42 bits per heavy atom. The second kappa shape index (κ2) is 9.78. The fourth-order valence-electron chi connectivity index (χ4n) is 5.15. The number of para-hydroxylation sites is 1. The number of fused-ring (bicyclic) bond motifs is 1. The second-order valence-corrected chi connectivity index (χ2v) is 9.77. The highest BCUT2D eigenvalue weighted by Crippen LogP contribution is 2.34. The van der Waals surface area contributed by atoms with E-state index in [-0.39, 0.29) is 6.03 Å². The number of nitrogens with zero attached hydrogens (tertiary/aromatic N) is 6. The molecule has 0 atom stereocenters. The molecule has 188 valence electrons. The smallest absolute Gasteiger partial charge is 0.330 e. The normalized spacial score (nSPS) is 16.4. The molecule has 1 aromatic heterocycles. The zero-order chi connectivity index (χ0) is 25.4. The quantitative estimate of drug-likeness (QED) is 0.543. The molecule has 2 amide bonds. The molecule has 3 aromatic rings. The van der Waals surface area contributed by atoms with Gasteiger partial charge in [-0.2, -0.15) is 0 Å². The Bertz CT molecular complexity index is 1260. The van der Waals surface area contributed by atoms with Gasteiger partial charge >= 0.3 is 6.03 Å². The number of anilines is 3. The van der Waals surface area contributed by atoms with Gasteiger partial charge in [0.1, 0.15) is 17.4 Å². The minimum Gasteiger partial charge on any atom is -0.496 e. The van der Waals surface area contributed by atoms with Gasteiger partial charge in [-0.15, -0.1) is 0 Å². The zero-order valence-electron chi connectivity index (χ0n) is 21.8. The minimum absolute atomic E-state index is 0.0846. The molecule has 8 heteroatoms. The van der Waals surface area contributed by atoms with Gasteiger partial charge in [-0.25, -0.2) is 14.8 Å². The van der Waals surface area contributed by atoms with Crippen molar-refractivity contribution in [3.05, 3.63) is 70.7 Å². The van der Waals surface area contributed by atoms with Gasteiger partial charge in [0, 0.05) is 68.7 Å². The van der Waals surface area contributed by atoms with Gasteiger partial charge in [0.2, 0.25) is 0 Å². The standard InChI is InChI=1S/C28H34N6O2/c1-19-7-6-8-20(2)26(19)34-18-22-17-29-25(30-27(22)32(4)28(34)35)15-21-9-10-23(16-24(21)36-5)33-13-11-31(3)12-14-33/h6-10,16-17H,11-15,18H2,1-5H3. The second-order valence-electron chi connectivity index (χ2n) is 9.77. The lowest BCUT2D eigenvalue weighted by Gasteiger charge is -2.35. The van der Waals surface area contributed by atoms with Gasteiger partial charge in [0.15, 0.2) is 0 Å². The van der Waals surface area contributed by atoms with Crippen LogP contribution >= 0.6 is 0 Å². The third-order valence-corrected chi connectivity index (χ3v) is 7.25. The van der Waals surface area contributed by atoms with Crippen LogP contribution in [0.1, 0.15) is 28.1 Å². The zero-order valence-corrected chi connectivity index (χ0v) is 21.8. The Morgan fingerprint density at radius 2 is 1.72 bits per heavy atom. The molecular formula is C28H34N6O2. The SMILES string of the molecule is COc1cc(N2CCN(C)CC2)ccc1Cc1ncc2c(n1)N(C)C(=O)N(c1c(C)cccc1C)C2. The Hall–Kier alpha value is -3.65. The van der Waals surface area contributed by atoms with Crippen molar-refractivity contribution < 1.29 is 9.53 Å². The summed E-state index contributed by atoms with van der Waals surface area (Å²) in [5.41, 5.74) is 6.23. The third kappa shape index (κ3) is 4.48. The van der Waals surface area contributed by atoms with E-state index < -0.39 is 0 Å². The van der Waals surface area contributed by atoms with E-state index in [1.165, 1.54) is 5.69 Å². The van der Waals surface area contributed by atoms with Crippen LogP contribution in [-0.2, 0) is 13.0 Å². The van der Waals surface area contributed by atoms with Crippen LogP contribution in [0.15, 0.2) is 42.6 Å². The van der Waals surface area contributed by atoms with Crippen molar-refractivity contribution in [2.45, 2.75) is 26.8 Å². The Balaban J connectivity index is 1.38. The molecule has 2 aliphatic rings. The van der Waals surface area contributed by atoms with E-state index in [0.717, 1.165) is 59.9 Å². The van der Waals surface area contributed by atoms with Crippen LogP contribution in [0.3, 0.4) is 0 Å². The molecule has 0 saturated carbocycles. The number of hydrogen-bond donors (Lipinski definition) is 0. The number of ether oxygens (including phenoxy) is 1. The summed E-state index contributed by atoms with van der Waals surface area (Å²) in [7, 11) is 5.64. The maximum Gasteiger partial charge on any atom is 0.330 e. The van der Waals surface area contributed by atoms with E-state index in [2.05, 4.69) is 40.0 Å². The first-order chi connectivity index (χ1) is 17.4. The first-order valence-electron chi connectivity index (χ1n) is 12.4. The summed E-state index contributed by atoms with van der Waals surface area (Å²) in [6.45, 7) is 8.65. The monoisotopic (exact) mass is 486 g/mol. The highest BCUT2D eigenvalue weighted by atomic mass is 16.5. The van der Waals surface area contributed by atoms with Crippen molar-refractivity contribution in [1.29, 1.82) is 0 Å². The number of hydrogen-bond acceptors (Lipinski definition) is 6. The van der Waals surface area contributed by atoms with Crippen LogP contribution in [0.4, 0.5) is 22.0 Å². The van der Waals surface area contributed by atoms with Crippen LogP contribution in [0.2, 0.25) is 0 Å². The molecular weight excluding hydrogens is 452 g/mol. The fourth-order valence-corrected chi connectivity index (χ4v) is 5.15. The predicted molar refractivity (Wildman–Crippen MR) is 143 cm³/mol. The lowest BCUT2D eigenvalue weighted by atomic mass is 10.1. The maximum absolute atomic E-state index is 13.3. The molecule has 5 rings (SSSR count). The van der Waals surface area contributed by atoms with Gasteiger partial charge in [-0.3, -0.25) is 9.80 Å². The summed E-state index contributed by atoms with van der Waals surface area (Å²) in [4.78, 5) is 31.0. The highest BCUT2D eigenvalue weighted by Gasteiger charge is 2.32. The van der Waals surface area contributed by atoms with E-state index in [4.69, 9.17) is 9.72 Å². The lowest BCUT2D eigenvalue weighted by molar-refractivity contribution is 0.251. The van der Waals surface area contributed by atoms with Gasteiger partial charge in [0.25, 0.3) is 0 Å². The number of benzene rings is 2. The van der Waals surface area contributed by atoms with E-state index in [9.17, 15) is 4.79 Å². The van der Waals surface area contributed by atoms with Crippen molar-refractivity contribution in [1.82, 2.24) is 14.9 Å². The minimum atomic E-state index is -0.0846. The topological polar surface area (TPSA) is 65.0 Å². The Labute approximate surface area is 213 Å². The van der Waals surface area contributed by atoms with E-state index in [0.29, 0.717) is 24.6 Å². The lowest BCUT2D eigenvalue weighted by Crippen LogP contribution is -2.46. The van der Waals surface area contributed by atoms with Gasteiger partial charge in [-0.1, -0.05) is 24.3 Å². The number of methoxy groups -OCH3 is 1. The third-order valence-electron chi connectivity index (χ3n) is 7.25. The fraction of sp³-hybridized carbons (Fsp3) is 0.393. The number of rotatable bonds is 5. The summed E-state index contributed by atoms with van der Waals surface area (Å²) in [5, 5.41) is 0. The van der Waals surface area contributed by atoms with E-state index in [1.54, 1.807) is 19.1 Å². The molecule has 36 heavy (non-hydrogen) atoms. The molecule has 3 heterocycles. The van der Waals surface area contributed by atoms with Gasteiger partial charge < -0.3 is 14.5 Å². The largest absolute Gasteiger partial charge is 0.496 e. The number of urea groups is 1. The predicted octanol–water partition coefficient (Wildman–Crippen LogP) is 4.02. The summed E-state index contributed by atoms with van der Waals surface area (Å²) in [6, 6.07) is 12.4. The van der Waals surface area contributed by atoms with Crippen molar-refractivity contribution in [2.75, 3.05) is 62.1 Å². The highest BCUT2D eigenvalue weighted by molar-refractivity contribution is 6.05. The number of carbonyl (C=O) groups excluding carboxylic acids is 1.